The van der Waals surface area contributed by atoms with E-state index < -0.39 is 5.82 Å². The van der Waals surface area contributed by atoms with Crippen LogP contribution >= 0.6 is 0 Å². The predicted molar refractivity (Wildman–Crippen MR) is 87.1 cm³/mol. The van der Waals surface area contributed by atoms with E-state index in [1.54, 1.807) is 0 Å². The quantitative estimate of drug-likeness (QED) is 0.801. The Kier molecular flexibility index (Phi) is 5.04. The van der Waals surface area contributed by atoms with Crippen LogP contribution in [0.5, 0.6) is 5.88 Å². The topological polar surface area (TPSA) is 51.7 Å². The Morgan fingerprint density at radius 2 is 2.33 bits per heavy atom. The van der Waals surface area contributed by atoms with Crippen molar-refractivity contribution in [2.24, 2.45) is 11.8 Å². The number of carbonyl (C=O) groups excluding carboxylic acids is 1. The summed E-state index contributed by atoms with van der Waals surface area (Å²) in [6.07, 6.45) is 3.88. The fraction of sp³-hybridized carbons (Fsp3) is 0.667. The minimum Gasteiger partial charge on any atom is -0.475 e. The molecule has 2 fully saturated rings. The smallest absolute Gasteiger partial charge is 0.250 e. The maximum Gasteiger partial charge on any atom is 0.250 e. The second-order valence-electron chi connectivity index (χ2n) is 7.18. The Labute approximate surface area is 142 Å². The Balaban J connectivity index is 1.52. The summed E-state index contributed by atoms with van der Waals surface area (Å²) in [5.41, 5.74) is -0.321. The van der Waals surface area contributed by atoms with Crippen molar-refractivity contribution in [3.8, 4) is 5.88 Å². The van der Waals surface area contributed by atoms with E-state index in [-0.39, 0.29) is 23.3 Å². The summed E-state index contributed by atoms with van der Waals surface area (Å²) in [5, 5.41) is 0. The Bertz CT molecular complexity index is 587. The van der Waals surface area contributed by atoms with Crippen LogP contribution in [0.1, 0.15) is 33.1 Å². The van der Waals surface area contributed by atoms with Gasteiger partial charge in [-0.25, -0.2) is 9.37 Å². The van der Waals surface area contributed by atoms with Gasteiger partial charge in [0.15, 0.2) is 5.82 Å². The third-order valence-corrected chi connectivity index (χ3v) is 4.95. The van der Waals surface area contributed by atoms with Gasteiger partial charge in [-0.05, 0) is 30.9 Å². The molecule has 0 N–H and O–H groups in total. The number of hydrogen-bond acceptors (Lipinski definition) is 4. The van der Waals surface area contributed by atoms with E-state index in [2.05, 4.69) is 18.8 Å². The molecule has 5 nitrogen and oxygen atoms in total. The van der Waals surface area contributed by atoms with E-state index in [0.29, 0.717) is 38.6 Å². The molecule has 6 heteroatoms. The molecule has 2 saturated heterocycles. The van der Waals surface area contributed by atoms with Crippen LogP contribution < -0.4 is 4.74 Å². The number of amides is 1. The van der Waals surface area contributed by atoms with Gasteiger partial charge in [-0.15, -0.1) is 0 Å². The molecular formula is C18H25FN2O3. The third-order valence-electron chi connectivity index (χ3n) is 4.95. The summed E-state index contributed by atoms with van der Waals surface area (Å²) < 4.78 is 25.1. The van der Waals surface area contributed by atoms with Crippen LogP contribution in [0, 0.1) is 17.7 Å². The van der Waals surface area contributed by atoms with E-state index in [9.17, 15) is 9.18 Å². The number of likely N-dealkylation sites (tertiary alicyclic amines) is 1. The molecule has 1 atom stereocenters. The van der Waals surface area contributed by atoms with Crippen molar-refractivity contribution in [1.29, 1.82) is 0 Å². The van der Waals surface area contributed by atoms with Gasteiger partial charge in [0.25, 0.3) is 0 Å². The zero-order valence-corrected chi connectivity index (χ0v) is 14.3. The van der Waals surface area contributed by atoms with Gasteiger partial charge in [0.2, 0.25) is 11.8 Å². The first-order valence-electron chi connectivity index (χ1n) is 8.65. The largest absolute Gasteiger partial charge is 0.475 e. The molecule has 1 spiro atoms. The summed E-state index contributed by atoms with van der Waals surface area (Å²) in [5.74, 6) is 0.461. The number of rotatable bonds is 6. The Morgan fingerprint density at radius 1 is 1.54 bits per heavy atom. The molecule has 2 aliphatic rings. The molecule has 1 aromatic heterocycles. The van der Waals surface area contributed by atoms with Crippen molar-refractivity contribution < 1.29 is 18.7 Å². The highest BCUT2D eigenvalue weighted by Crippen LogP contribution is 2.40. The SMILES string of the molecule is CC(C)CCC(=O)N1CC2(C1)OCCC2COc1ncccc1F. The van der Waals surface area contributed by atoms with Gasteiger partial charge in [-0.2, -0.15) is 0 Å². The summed E-state index contributed by atoms with van der Waals surface area (Å²) in [6.45, 7) is 6.49. The van der Waals surface area contributed by atoms with E-state index in [0.717, 1.165) is 12.8 Å². The number of halogens is 1. The van der Waals surface area contributed by atoms with Crippen LogP contribution in [0.2, 0.25) is 0 Å². The predicted octanol–water partition coefficient (Wildman–Crippen LogP) is 2.65. The van der Waals surface area contributed by atoms with Crippen LogP contribution in [0.4, 0.5) is 4.39 Å². The maximum atomic E-state index is 13.6. The number of hydrogen-bond donors (Lipinski definition) is 0. The van der Waals surface area contributed by atoms with E-state index >= 15 is 0 Å². The first-order chi connectivity index (χ1) is 11.5. The molecule has 3 rings (SSSR count). The lowest BCUT2D eigenvalue weighted by Crippen LogP contribution is -2.66. The normalized spacial score (nSPS) is 22.0. The average Bonchev–Trinajstić information content (AvgIpc) is 2.94. The zero-order valence-electron chi connectivity index (χ0n) is 14.3. The molecule has 1 amide bonds. The van der Waals surface area contributed by atoms with Gasteiger partial charge in [0, 0.05) is 25.1 Å². The summed E-state index contributed by atoms with van der Waals surface area (Å²) in [6, 6.07) is 2.87. The highest BCUT2D eigenvalue weighted by Gasteiger charge is 2.54. The molecule has 1 unspecified atom stereocenters. The highest BCUT2D eigenvalue weighted by atomic mass is 19.1. The minimum atomic E-state index is -0.454. The number of carbonyl (C=O) groups is 1. The maximum absolute atomic E-state index is 13.6. The summed E-state index contributed by atoms with van der Waals surface area (Å²) >= 11 is 0. The second kappa shape index (κ2) is 7.05. The lowest BCUT2D eigenvalue weighted by molar-refractivity contribution is -0.167. The number of aromatic nitrogens is 1. The van der Waals surface area contributed by atoms with Crippen molar-refractivity contribution in [2.45, 2.75) is 38.7 Å². The monoisotopic (exact) mass is 336 g/mol. The lowest BCUT2D eigenvalue weighted by atomic mass is 9.81. The minimum absolute atomic E-state index is 0.0312. The van der Waals surface area contributed by atoms with Crippen LogP contribution in [0.3, 0.4) is 0 Å². The molecular weight excluding hydrogens is 311 g/mol. The van der Waals surface area contributed by atoms with Crippen molar-refractivity contribution in [2.75, 3.05) is 26.3 Å². The fourth-order valence-electron chi connectivity index (χ4n) is 3.37. The molecule has 1 aromatic rings. The molecule has 2 aliphatic heterocycles. The van der Waals surface area contributed by atoms with Crippen molar-refractivity contribution in [1.82, 2.24) is 9.88 Å². The molecule has 0 aliphatic carbocycles. The van der Waals surface area contributed by atoms with Crippen molar-refractivity contribution in [3.63, 3.8) is 0 Å². The van der Waals surface area contributed by atoms with E-state index in [1.807, 2.05) is 4.90 Å². The standard InChI is InChI=1S/C18H25FN2O3/c1-13(2)5-6-16(22)21-11-18(12-21)14(7-9-24-18)10-23-17-15(19)4-3-8-20-17/h3-4,8,13-14H,5-7,9-12H2,1-2H3. The van der Waals surface area contributed by atoms with Gasteiger partial charge in [-0.3, -0.25) is 4.79 Å². The third kappa shape index (κ3) is 3.53. The zero-order chi connectivity index (χ0) is 17.2. The van der Waals surface area contributed by atoms with Crippen LogP contribution in [0.25, 0.3) is 0 Å². The molecule has 0 saturated carbocycles. The van der Waals surface area contributed by atoms with Gasteiger partial charge in [-0.1, -0.05) is 13.8 Å². The van der Waals surface area contributed by atoms with E-state index in [1.165, 1.54) is 18.3 Å². The van der Waals surface area contributed by atoms with Crippen LogP contribution in [-0.2, 0) is 9.53 Å². The molecule has 0 bridgehead atoms. The Hall–Kier alpha value is -1.69. The molecule has 3 heterocycles. The Morgan fingerprint density at radius 3 is 3.04 bits per heavy atom. The number of ether oxygens (including phenoxy) is 2. The van der Waals surface area contributed by atoms with Gasteiger partial charge < -0.3 is 14.4 Å². The van der Waals surface area contributed by atoms with Gasteiger partial charge >= 0.3 is 0 Å². The molecule has 0 radical (unpaired) electrons. The number of nitrogens with zero attached hydrogens (tertiary/aromatic N) is 2. The summed E-state index contributed by atoms with van der Waals surface area (Å²) in [4.78, 5) is 18.0. The van der Waals surface area contributed by atoms with Crippen LogP contribution in [-0.4, -0.2) is 47.7 Å². The van der Waals surface area contributed by atoms with Gasteiger partial charge in [0.1, 0.15) is 5.60 Å². The summed E-state index contributed by atoms with van der Waals surface area (Å²) in [7, 11) is 0. The van der Waals surface area contributed by atoms with Gasteiger partial charge in [0.05, 0.1) is 19.7 Å². The molecule has 0 aromatic carbocycles. The van der Waals surface area contributed by atoms with Crippen LogP contribution in [0.15, 0.2) is 18.3 Å². The second-order valence-corrected chi connectivity index (χ2v) is 7.18. The van der Waals surface area contributed by atoms with Crippen molar-refractivity contribution in [3.05, 3.63) is 24.1 Å². The first kappa shape index (κ1) is 17.1. The first-order valence-corrected chi connectivity index (χ1v) is 8.65. The number of pyridine rings is 1. The molecule has 132 valence electrons. The lowest BCUT2D eigenvalue weighted by Gasteiger charge is -2.50. The average molecular weight is 336 g/mol. The van der Waals surface area contributed by atoms with E-state index in [4.69, 9.17) is 9.47 Å². The highest BCUT2D eigenvalue weighted by molar-refractivity contribution is 5.77. The molecule has 24 heavy (non-hydrogen) atoms. The fourth-order valence-corrected chi connectivity index (χ4v) is 3.37. The van der Waals surface area contributed by atoms with Crippen molar-refractivity contribution >= 4 is 5.91 Å².